The van der Waals surface area contributed by atoms with Crippen molar-refractivity contribution < 1.29 is 13.2 Å². The molecule has 0 radical (unpaired) electrons. The summed E-state index contributed by atoms with van der Waals surface area (Å²) < 4.78 is 32.5. The van der Waals surface area contributed by atoms with Crippen LogP contribution in [0.4, 0.5) is 5.69 Å². The molecule has 0 spiro atoms. The second kappa shape index (κ2) is 6.21. The van der Waals surface area contributed by atoms with Gasteiger partial charge in [-0.2, -0.15) is 0 Å². The fraction of sp³-hybridized carbons (Fsp3) is 0.125. The predicted molar refractivity (Wildman–Crippen MR) is 88.0 cm³/mol. The molecule has 0 saturated heterocycles. The molecule has 0 saturated carbocycles. The van der Waals surface area contributed by atoms with Gasteiger partial charge in [-0.3, -0.25) is 4.72 Å². The summed E-state index contributed by atoms with van der Waals surface area (Å²) in [5, 5.41) is 1.84. The van der Waals surface area contributed by atoms with E-state index in [1.807, 2.05) is 31.2 Å². The van der Waals surface area contributed by atoms with Gasteiger partial charge in [-0.1, -0.05) is 30.3 Å². The molecule has 6 nitrogen and oxygen atoms in total. The van der Waals surface area contributed by atoms with Gasteiger partial charge in [0.15, 0.2) is 0 Å². The standard InChI is InChI=1S/C16H15N3O3S/c1-2-22-16-17-10-14(11-18-16)19-23(20,21)15-8-7-12-5-3-4-6-13(12)9-15/h3-11,19H,2H2,1H3. The van der Waals surface area contributed by atoms with E-state index in [0.717, 1.165) is 10.8 Å². The van der Waals surface area contributed by atoms with Gasteiger partial charge in [0.25, 0.3) is 10.0 Å². The number of nitrogens with one attached hydrogen (secondary N) is 1. The van der Waals surface area contributed by atoms with E-state index in [-0.39, 0.29) is 16.6 Å². The zero-order valence-electron chi connectivity index (χ0n) is 12.4. The molecule has 0 fully saturated rings. The Labute approximate surface area is 134 Å². The minimum Gasteiger partial charge on any atom is -0.464 e. The van der Waals surface area contributed by atoms with Crippen LogP contribution in [-0.4, -0.2) is 25.0 Å². The largest absolute Gasteiger partial charge is 0.464 e. The van der Waals surface area contributed by atoms with Crippen molar-refractivity contribution in [3.8, 4) is 6.01 Å². The monoisotopic (exact) mass is 329 g/mol. The van der Waals surface area contributed by atoms with Gasteiger partial charge in [0.2, 0.25) is 0 Å². The smallest absolute Gasteiger partial charge is 0.316 e. The maximum atomic E-state index is 12.5. The lowest BCUT2D eigenvalue weighted by atomic mass is 10.1. The van der Waals surface area contributed by atoms with Crippen LogP contribution < -0.4 is 9.46 Å². The second-order valence-corrected chi connectivity index (χ2v) is 6.48. The normalized spacial score (nSPS) is 11.3. The van der Waals surface area contributed by atoms with Crippen molar-refractivity contribution in [2.45, 2.75) is 11.8 Å². The van der Waals surface area contributed by atoms with E-state index in [4.69, 9.17) is 4.74 Å². The number of anilines is 1. The highest BCUT2D eigenvalue weighted by Crippen LogP contribution is 2.21. The third kappa shape index (κ3) is 3.40. The fourth-order valence-electron chi connectivity index (χ4n) is 2.12. The van der Waals surface area contributed by atoms with E-state index in [9.17, 15) is 8.42 Å². The van der Waals surface area contributed by atoms with E-state index >= 15 is 0 Å². The third-order valence-corrected chi connectivity index (χ3v) is 4.56. The Hall–Kier alpha value is -2.67. The SMILES string of the molecule is CCOc1ncc(NS(=O)(=O)c2ccc3ccccc3c2)cn1. The summed E-state index contributed by atoms with van der Waals surface area (Å²) in [6.45, 7) is 2.27. The first-order valence-corrected chi connectivity index (χ1v) is 8.53. The molecular formula is C16H15N3O3S. The summed E-state index contributed by atoms with van der Waals surface area (Å²) in [5.74, 6) is 0. The highest BCUT2D eigenvalue weighted by atomic mass is 32.2. The van der Waals surface area contributed by atoms with Crippen LogP contribution >= 0.6 is 0 Å². The van der Waals surface area contributed by atoms with Crippen molar-refractivity contribution >= 4 is 26.5 Å². The average Bonchev–Trinajstić information content (AvgIpc) is 2.56. The molecule has 0 aliphatic carbocycles. The molecule has 0 aliphatic heterocycles. The fourth-order valence-corrected chi connectivity index (χ4v) is 3.18. The van der Waals surface area contributed by atoms with Crippen LogP contribution in [0.25, 0.3) is 10.8 Å². The molecule has 7 heteroatoms. The van der Waals surface area contributed by atoms with Crippen molar-refractivity contribution in [1.82, 2.24) is 9.97 Å². The Morgan fingerprint density at radius 2 is 1.74 bits per heavy atom. The summed E-state index contributed by atoms with van der Waals surface area (Å²) in [7, 11) is -3.70. The number of nitrogens with zero attached hydrogens (tertiary/aromatic N) is 2. The lowest BCUT2D eigenvalue weighted by molar-refractivity contribution is 0.312. The third-order valence-electron chi connectivity index (χ3n) is 3.19. The zero-order chi connectivity index (χ0) is 16.3. The number of aromatic nitrogens is 2. The summed E-state index contributed by atoms with van der Waals surface area (Å²) in [6.07, 6.45) is 2.74. The predicted octanol–water partition coefficient (Wildman–Crippen LogP) is 2.83. The van der Waals surface area contributed by atoms with Crippen LogP contribution in [0, 0.1) is 0 Å². The van der Waals surface area contributed by atoms with Crippen LogP contribution in [0.3, 0.4) is 0 Å². The first-order valence-electron chi connectivity index (χ1n) is 7.05. The van der Waals surface area contributed by atoms with Crippen LogP contribution in [0.5, 0.6) is 6.01 Å². The molecule has 0 amide bonds. The quantitative estimate of drug-likeness (QED) is 0.778. The molecule has 3 rings (SSSR count). The highest BCUT2D eigenvalue weighted by molar-refractivity contribution is 7.92. The van der Waals surface area contributed by atoms with Crippen molar-refractivity contribution in [3.63, 3.8) is 0 Å². The Bertz CT molecular complexity index is 925. The number of hydrogen-bond donors (Lipinski definition) is 1. The van der Waals surface area contributed by atoms with E-state index in [1.165, 1.54) is 12.4 Å². The maximum Gasteiger partial charge on any atom is 0.316 e. The van der Waals surface area contributed by atoms with Crippen LogP contribution in [0.1, 0.15) is 6.92 Å². The number of rotatable bonds is 5. The number of benzene rings is 2. The van der Waals surface area contributed by atoms with Crippen molar-refractivity contribution in [1.29, 1.82) is 0 Å². The molecular weight excluding hydrogens is 314 g/mol. The topological polar surface area (TPSA) is 81.2 Å². The Morgan fingerprint density at radius 1 is 1.04 bits per heavy atom. The van der Waals surface area contributed by atoms with Crippen LogP contribution in [0.2, 0.25) is 0 Å². The summed E-state index contributed by atoms with van der Waals surface area (Å²) in [6, 6.07) is 12.8. The molecule has 118 valence electrons. The van der Waals surface area contributed by atoms with E-state index in [2.05, 4.69) is 14.7 Å². The lowest BCUT2D eigenvalue weighted by Gasteiger charge is -2.09. The summed E-state index contributed by atoms with van der Waals surface area (Å²) >= 11 is 0. The van der Waals surface area contributed by atoms with Gasteiger partial charge in [0.1, 0.15) is 0 Å². The van der Waals surface area contributed by atoms with Crippen molar-refractivity contribution in [2.24, 2.45) is 0 Å². The summed E-state index contributed by atoms with van der Waals surface area (Å²) in [4.78, 5) is 8.06. The molecule has 23 heavy (non-hydrogen) atoms. The molecule has 0 bridgehead atoms. The Morgan fingerprint density at radius 3 is 2.43 bits per heavy atom. The molecule has 1 N–H and O–H groups in total. The molecule has 1 heterocycles. The number of ether oxygens (including phenoxy) is 1. The van der Waals surface area contributed by atoms with E-state index in [1.54, 1.807) is 18.2 Å². The van der Waals surface area contributed by atoms with Crippen molar-refractivity contribution in [2.75, 3.05) is 11.3 Å². The minimum absolute atomic E-state index is 0.185. The number of fused-ring (bicyclic) bond motifs is 1. The maximum absolute atomic E-state index is 12.5. The molecule has 0 atom stereocenters. The van der Waals surface area contributed by atoms with Gasteiger partial charge in [-0.05, 0) is 29.8 Å². The van der Waals surface area contributed by atoms with Crippen LogP contribution in [0.15, 0.2) is 59.8 Å². The van der Waals surface area contributed by atoms with E-state index in [0.29, 0.717) is 6.61 Å². The molecule has 3 aromatic rings. The first kappa shape index (κ1) is 15.2. The first-order chi connectivity index (χ1) is 11.1. The van der Waals surface area contributed by atoms with Gasteiger partial charge in [0, 0.05) is 0 Å². The lowest BCUT2D eigenvalue weighted by Crippen LogP contribution is -2.13. The van der Waals surface area contributed by atoms with Gasteiger partial charge >= 0.3 is 6.01 Å². The summed E-state index contributed by atoms with van der Waals surface area (Å²) in [5.41, 5.74) is 0.279. The molecule has 0 aliphatic rings. The Balaban J connectivity index is 1.87. The van der Waals surface area contributed by atoms with Crippen molar-refractivity contribution in [3.05, 3.63) is 54.9 Å². The van der Waals surface area contributed by atoms with Crippen LogP contribution in [-0.2, 0) is 10.0 Å². The molecule has 2 aromatic carbocycles. The Kier molecular flexibility index (Phi) is 4.12. The molecule has 1 aromatic heterocycles. The number of hydrogen-bond acceptors (Lipinski definition) is 5. The zero-order valence-corrected chi connectivity index (χ0v) is 13.2. The van der Waals surface area contributed by atoms with Gasteiger partial charge in [-0.25, -0.2) is 18.4 Å². The van der Waals surface area contributed by atoms with Gasteiger partial charge in [-0.15, -0.1) is 0 Å². The second-order valence-electron chi connectivity index (χ2n) is 4.80. The average molecular weight is 329 g/mol. The van der Waals surface area contributed by atoms with Gasteiger partial charge < -0.3 is 4.74 Å². The molecule has 0 unspecified atom stereocenters. The number of sulfonamides is 1. The minimum atomic E-state index is -3.70. The van der Waals surface area contributed by atoms with Gasteiger partial charge in [0.05, 0.1) is 29.6 Å². The van der Waals surface area contributed by atoms with E-state index < -0.39 is 10.0 Å². The highest BCUT2D eigenvalue weighted by Gasteiger charge is 2.15.